The van der Waals surface area contributed by atoms with E-state index in [1.807, 2.05) is 13.8 Å². The molecule has 2 atom stereocenters. The van der Waals surface area contributed by atoms with Crippen molar-refractivity contribution in [3.63, 3.8) is 0 Å². The maximum absolute atomic E-state index is 11.0. The maximum atomic E-state index is 11.0. The van der Waals surface area contributed by atoms with Gasteiger partial charge in [0.05, 0.1) is 6.54 Å². The average molecular weight is 178 g/mol. The summed E-state index contributed by atoms with van der Waals surface area (Å²) in [5.41, 5.74) is 0. The molecule has 1 heterocycles. The second kappa shape index (κ2) is 3.30. The number of cyclic esters (lactones) is 1. The van der Waals surface area contributed by atoms with Gasteiger partial charge in [-0.1, -0.05) is 0 Å². The van der Waals surface area contributed by atoms with Crippen LogP contribution in [0.2, 0.25) is 0 Å². The predicted octanol–water partition coefficient (Wildman–Crippen LogP) is 1.45. The van der Waals surface area contributed by atoms with Crippen LogP contribution in [-0.2, 0) is 4.74 Å². The molecule has 11 heavy (non-hydrogen) atoms. The third-order valence-corrected chi connectivity index (χ3v) is 1.65. The first-order valence-corrected chi connectivity index (χ1v) is 4.13. The Hall–Kier alpha value is -0.440. The number of alkyl halides is 1. The van der Waals surface area contributed by atoms with Crippen molar-refractivity contribution in [2.75, 3.05) is 13.1 Å². The van der Waals surface area contributed by atoms with Crippen LogP contribution in [0.1, 0.15) is 13.8 Å². The van der Waals surface area contributed by atoms with Crippen molar-refractivity contribution >= 4 is 17.7 Å². The van der Waals surface area contributed by atoms with Crippen LogP contribution in [-0.4, -0.2) is 35.6 Å². The Morgan fingerprint density at radius 3 is 2.91 bits per heavy atom. The molecule has 0 aromatic rings. The summed E-state index contributed by atoms with van der Waals surface area (Å²) in [7, 11) is 0. The first-order valence-electron chi connectivity index (χ1n) is 3.69. The zero-order valence-corrected chi connectivity index (χ0v) is 7.47. The summed E-state index contributed by atoms with van der Waals surface area (Å²) in [4.78, 5) is 12.6. The lowest BCUT2D eigenvalue weighted by Crippen LogP contribution is -2.30. The van der Waals surface area contributed by atoms with Gasteiger partial charge in [0.2, 0.25) is 0 Å². The molecule has 1 rings (SSSR count). The fourth-order valence-electron chi connectivity index (χ4n) is 1.12. The Labute approximate surface area is 71.3 Å². The molecule has 0 spiro atoms. The van der Waals surface area contributed by atoms with Crippen molar-refractivity contribution in [2.45, 2.75) is 25.3 Å². The van der Waals surface area contributed by atoms with Gasteiger partial charge in [-0.2, -0.15) is 0 Å². The van der Waals surface area contributed by atoms with Gasteiger partial charge in [-0.3, -0.25) is 0 Å². The smallest absolute Gasteiger partial charge is 0.410 e. The Bertz CT molecular complexity index is 161. The van der Waals surface area contributed by atoms with E-state index in [1.54, 1.807) is 4.90 Å². The number of halogens is 1. The van der Waals surface area contributed by atoms with E-state index in [1.165, 1.54) is 0 Å². The quantitative estimate of drug-likeness (QED) is 0.598. The maximum Gasteiger partial charge on any atom is 0.410 e. The highest BCUT2D eigenvalue weighted by Crippen LogP contribution is 2.11. The van der Waals surface area contributed by atoms with Crippen molar-refractivity contribution < 1.29 is 9.53 Å². The van der Waals surface area contributed by atoms with E-state index < -0.39 is 0 Å². The number of hydrogen-bond donors (Lipinski definition) is 0. The first-order chi connectivity index (χ1) is 5.09. The number of hydrogen-bond acceptors (Lipinski definition) is 2. The molecule has 1 fully saturated rings. The molecule has 3 nitrogen and oxygen atoms in total. The molecule has 0 N–H and O–H groups in total. The Balaban J connectivity index is 2.41. The van der Waals surface area contributed by atoms with Gasteiger partial charge in [-0.25, -0.2) is 4.79 Å². The van der Waals surface area contributed by atoms with Crippen molar-refractivity contribution in [1.29, 1.82) is 0 Å². The molecule has 4 heteroatoms. The van der Waals surface area contributed by atoms with Gasteiger partial charge in [-0.05, 0) is 13.8 Å². The van der Waals surface area contributed by atoms with Crippen molar-refractivity contribution in [3.05, 3.63) is 0 Å². The zero-order valence-electron chi connectivity index (χ0n) is 6.71. The molecule has 1 amide bonds. The molecule has 0 aliphatic carbocycles. The summed E-state index contributed by atoms with van der Waals surface area (Å²) in [6.07, 6.45) is -0.233. The monoisotopic (exact) mass is 177 g/mol. The van der Waals surface area contributed by atoms with Crippen LogP contribution < -0.4 is 0 Å². The SMILES string of the molecule is C[C@H](Cl)CN1C[C@H](C)OC1=O. The van der Waals surface area contributed by atoms with Crippen molar-refractivity contribution in [2.24, 2.45) is 0 Å². The summed E-state index contributed by atoms with van der Waals surface area (Å²) >= 11 is 5.72. The number of carbonyl (C=O) groups is 1. The molecule has 0 bridgehead atoms. The Kier molecular flexibility index (Phi) is 2.60. The number of ether oxygens (including phenoxy) is 1. The highest BCUT2D eigenvalue weighted by Gasteiger charge is 2.28. The van der Waals surface area contributed by atoms with Crippen LogP contribution in [0.15, 0.2) is 0 Å². The second-order valence-electron chi connectivity index (χ2n) is 2.88. The van der Waals surface area contributed by atoms with Gasteiger partial charge < -0.3 is 9.64 Å². The predicted molar refractivity (Wildman–Crippen MR) is 42.8 cm³/mol. The van der Waals surface area contributed by atoms with Crippen molar-refractivity contribution in [3.8, 4) is 0 Å². The molecule has 0 radical (unpaired) electrons. The van der Waals surface area contributed by atoms with E-state index in [-0.39, 0.29) is 17.6 Å². The van der Waals surface area contributed by atoms with E-state index >= 15 is 0 Å². The van der Waals surface area contributed by atoms with Gasteiger partial charge in [0, 0.05) is 11.9 Å². The minimum atomic E-state index is -0.245. The van der Waals surface area contributed by atoms with Gasteiger partial charge >= 0.3 is 6.09 Å². The molecule has 1 aliphatic heterocycles. The molecular weight excluding hydrogens is 166 g/mol. The molecule has 0 saturated carbocycles. The van der Waals surface area contributed by atoms with Gasteiger partial charge in [0.25, 0.3) is 0 Å². The topological polar surface area (TPSA) is 29.5 Å². The minimum absolute atomic E-state index is 0.00662. The second-order valence-corrected chi connectivity index (χ2v) is 3.63. The molecule has 1 saturated heterocycles. The van der Waals surface area contributed by atoms with Gasteiger partial charge in [0.1, 0.15) is 6.10 Å². The highest BCUT2D eigenvalue weighted by molar-refractivity contribution is 6.20. The summed E-state index contributed by atoms with van der Waals surface area (Å²) in [6.45, 7) is 4.97. The van der Waals surface area contributed by atoms with Crippen LogP contribution in [0.4, 0.5) is 4.79 Å². The van der Waals surface area contributed by atoms with Crippen LogP contribution in [0.3, 0.4) is 0 Å². The van der Waals surface area contributed by atoms with Crippen LogP contribution in [0.25, 0.3) is 0 Å². The average Bonchev–Trinajstić information content (AvgIpc) is 2.09. The summed E-state index contributed by atoms with van der Waals surface area (Å²) in [5.74, 6) is 0. The molecule has 0 aromatic carbocycles. The van der Waals surface area contributed by atoms with E-state index in [0.717, 1.165) is 0 Å². The Morgan fingerprint density at radius 1 is 1.91 bits per heavy atom. The van der Waals surface area contributed by atoms with E-state index in [2.05, 4.69) is 0 Å². The lowest BCUT2D eigenvalue weighted by Gasteiger charge is -2.13. The molecule has 64 valence electrons. The largest absolute Gasteiger partial charge is 0.445 e. The minimum Gasteiger partial charge on any atom is -0.445 e. The van der Waals surface area contributed by atoms with Crippen LogP contribution in [0, 0.1) is 0 Å². The summed E-state index contributed by atoms with van der Waals surface area (Å²) in [5, 5.41) is -0.00662. The molecule has 0 unspecified atom stereocenters. The van der Waals surface area contributed by atoms with Crippen LogP contribution in [0.5, 0.6) is 0 Å². The molecule has 0 aromatic heterocycles. The summed E-state index contributed by atoms with van der Waals surface area (Å²) in [6, 6.07) is 0. The van der Waals surface area contributed by atoms with Gasteiger partial charge in [0.15, 0.2) is 0 Å². The third-order valence-electron chi connectivity index (χ3n) is 1.51. The fourth-order valence-corrected chi connectivity index (χ4v) is 1.29. The first kappa shape index (κ1) is 8.65. The van der Waals surface area contributed by atoms with E-state index in [4.69, 9.17) is 16.3 Å². The zero-order chi connectivity index (χ0) is 8.43. The molecular formula is C7H12ClNO2. The van der Waals surface area contributed by atoms with Crippen molar-refractivity contribution in [1.82, 2.24) is 4.90 Å². The number of rotatable bonds is 2. The Morgan fingerprint density at radius 2 is 2.55 bits per heavy atom. The summed E-state index contributed by atoms with van der Waals surface area (Å²) < 4.78 is 4.90. The highest BCUT2D eigenvalue weighted by atomic mass is 35.5. The lowest BCUT2D eigenvalue weighted by molar-refractivity contribution is 0.138. The third kappa shape index (κ3) is 2.26. The van der Waals surface area contributed by atoms with Gasteiger partial charge in [-0.15, -0.1) is 11.6 Å². The number of amides is 1. The van der Waals surface area contributed by atoms with Crippen LogP contribution >= 0.6 is 11.6 Å². The standard InChI is InChI=1S/C7H12ClNO2/c1-5(8)3-9-4-6(2)11-7(9)10/h5-6H,3-4H2,1-2H3/t5-,6-/m0/s1. The number of nitrogens with zero attached hydrogens (tertiary/aromatic N) is 1. The fraction of sp³-hybridized carbons (Fsp3) is 0.857. The lowest BCUT2D eigenvalue weighted by atomic mass is 10.4. The number of carbonyl (C=O) groups excluding carboxylic acids is 1. The molecule has 1 aliphatic rings. The normalized spacial score (nSPS) is 27.0. The van der Waals surface area contributed by atoms with E-state index in [9.17, 15) is 4.79 Å². The van der Waals surface area contributed by atoms with E-state index in [0.29, 0.717) is 13.1 Å².